The van der Waals surface area contributed by atoms with E-state index in [0.29, 0.717) is 12.5 Å². The number of benzene rings is 3. The molecule has 0 bridgehead atoms. The second kappa shape index (κ2) is 11.6. The molecule has 0 saturated heterocycles. The molecule has 30 heavy (non-hydrogen) atoms. The first kappa shape index (κ1) is 22.1. The predicted molar refractivity (Wildman–Crippen MR) is 125 cm³/mol. The zero-order valence-corrected chi connectivity index (χ0v) is 18.5. The van der Waals surface area contributed by atoms with E-state index in [1.807, 2.05) is 6.07 Å². The molecular formula is C28H34O2. The lowest BCUT2D eigenvalue weighted by atomic mass is 9.99. The zero-order chi connectivity index (χ0) is 21.2. The molecule has 0 aliphatic carbocycles. The minimum Gasteiger partial charge on any atom is -0.465 e. The van der Waals surface area contributed by atoms with Gasteiger partial charge in [-0.3, -0.25) is 0 Å². The van der Waals surface area contributed by atoms with Crippen molar-refractivity contribution in [2.45, 2.75) is 52.2 Å². The van der Waals surface area contributed by atoms with Crippen molar-refractivity contribution in [1.29, 1.82) is 0 Å². The van der Waals surface area contributed by atoms with Gasteiger partial charge in [0.2, 0.25) is 6.29 Å². The first-order valence-corrected chi connectivity index (χ1v) is 11.1. The van der Waals surface area contributed by atoms with Crippen molar-refractivity contribution in [3.05, 3.63) is 102 Å². The minimum absolute atomic E-state index is 0.234. The smallest absolute Gasteiger partial charge is 0.202 e. The third kappa shape index (κ3) is 6.74. The van der Waals surface area contributed by atoms with Crippen molar-refractivity contribution in [1.82, 2.24) is 0 Å². The molecule has 158 valence electrons. The zero-order valence-electron chi connectivity index (χ0n) is 18.5. The van der Waals surface area contributed by atoms with Gasteiger partial charge in [0, 0.05) is 5.92 Å². The van der Waals surface area contributed by atoms with Gasteiger partial charge in [0.25, 0.3) is 0 Å². The second-order valence-electron chi connectivity index (χ2n) is 8.14. The van der Waals surface area contributed by atoms with Gasteiger partial charge < -0.3 is 9.47 Å². The highest BCUT2D eigenvalue weighted by molar-refractivity contribution is 5.29. The lowest BCUT2D eigenvalue weighted by Gasteiger charge is -2.26. The average molecular weight is 403 g/mol. The van der Waals surface area contributed by atoms with E-state index in [1.54, 1.807) is 0 Å². The molecule has 3 atom stereocenters. The lowest BCUT2D eigenvalue weighted by molar-refractivity contribution is -0.110. The highest BCUT2D eigenvalue weighted by atomic mass is 16.7. The van der Waals surface area contributed by atoms with Crippen LogP contribution >= 0.6 is 0 Å². The number of rotatable bonds is 11. The van der Waals surface area contributed by atoms with Crippen molar-refractivity contribution >= 4 is 0 Å². The molecular weight excluding hydrogens is 368 g/mol. The molecule has 0 aromatic heterocycles. The average Bonchev–Trinajstić information content (AvgIpc) is 2.79. The summed E-state index contributed by atoms with van der Waals surface area (Å²) in [5, 5.41) is 0. The highest BCUT2D eigenvalue weighted by Crippen LogP contribution is 2.24. The van der Waals surface area contributed by atoms with Gasteiger partial charge in [-0.2, -0.15) is 0 Å². The predicted octanol–water partition coefficient (Wildman–Crippen LogP) is 7.04. The van der Waals surface area contributed by atoms with Gasteiger partial charge in [-0.15, -0.1) is 0 Å². The van der Waals surface area contributed by atoms with E-state index in [0.717, 1.165) is 25.0 Å². The van der Waals surface area contributed by atoms with Crippen LogP contribution in [0.3, 0.4) is 0 Å². The first-order chi connectivity index (χ1) is 14.7. The Hall–Kier alpha value is -2.58. The number of hydrogen-bond donors (Lipinski definition) is 0. The van der Waals surface area contributed by atoms with Crippen LogP contribution in [0, 0.1) is 5.92 Å². The van der Waals surface area contributed by atoms with Crippen LogP contribution in [0.2, 0.25) is 0 Å². The number of ether oxygens (including phenoxy) is 2. The summed E-state index contributed by atoms with van der Waals surface area (Å²) in [6.07, 6.45) is 2.65. The Kier molecular flexibility index (Phi) is 8.53. The molecule has 0 aliphatic heterocycles. The van der Waals surface area contributed by atoms with Crippen LogP contribution in [0.5, 0.6) is 5.75 Å². The van der Waals surface area contributed by atoms with Gasteiger partial charge in [0.1, 0.15) is 5.75 Å². The van der Waals surface area contributed by atoms with E-state index in [4.69, 9.17) is 9.47 Å². The van der Waals surface area contributed by atoms with Crippen LogP contribution in [-0.4, -0.2) is 12.9 Å². The topological polar surface area (TPSA) is 18.5 Å². The van der Waals surface area contributed by atoms with Crippen molar-refractivity contribution in [3.63, 3.8) is 0 Å². The molecule has 0 radical (unpaired) electrons. The van der Waals surface area contributed by atoms with Gasteiger partial charge >= 0.3 is 0 Å². The third-order valence-electron chi connectivity index (χ3n) is 5.69. The first-order valence-electron chi connectivity index (χ1n) is 11.1. The van der Waals surface area contributed by atoms with E-state index in [-0.39, 0.29) is 12.2 Å². The fourth-order valence-electron chi connectivity index (χ4n) is 3.58. The van der Waals surface area contributed by atoms with Gasteiger partial charge in [0.05, 0.1) is 6.61 Å². The summed E-state index contributed by atoms with van der Waals surface area (Å²) in [5.74, 6) is 1.66. The summed E-state index contributed by atoms with van der Waals surface area (Å²) in [4.78, 5) is 0. The minimum atomic E-state index is -0.289. The van der Waals surface area contributed by atoms with Crippen LogP contribution < -0.4 is 4.74 Å². The van der Waals surface area contributed by atoms with Crippen LogP contribution in [0.1, 0.15) is 49.8 Å². The molecule has 0 spiro atoms. The Bertz CT molecular complexity index is 843. The van der Waals surface area contributed by atoms with Crippen LogP contribution in [-0.2, 0) is 17.6 Å². The maximum absolute atomic E-state index is 6.33. The van der Waals surface area contributed by atoms with E-state index < -0.39 is 0 Å². The summed E-state index contributed by atoms with van der Waals surface area (Å²) in [5.41, 5.74) is 3.94. The summed E-state index contributed by atoms with van der Waals surface area (Å²) in [6, 6.07) is 29.5. The maximum atomic E-state index is 6.33. The molecule has 3 aromatic carbocycles. The molecule has 0 N–H and O–H groups in total. The van der Waals surface area contributed by atoms with Crippen molar-refractivity contribution in [2.24, 2.45) is 5.92 Å². The van der Waals surface area contributed by atoms with Crippen molar-refractivity contribution in [3.8, 4) is 5.75 Å². The molecule has 3 aromatic rings. The van der Waals surface area contributed by atoms with Crippen molar-refractivity contribution in [2.75, 3.05) is 6.61 Å². The molecule has 0 fully saturated rings. The van der Waals surface area contributed by atoms with E-state index in [2.05, 4.69) is 99.6 Å². The largest absolute Gasteiger partial charge is 0.465 e. The molecule has 0 heterocycles. The Morgan fingerprint density at radius 2 is 1.33 bits per heavy atom. The fourth-order valence-corrected chi connectivity index (χ4v) is 3.58. The second-order valence-corrected chi connectivity index (χ2v) is 8.14. The fraction of sp³-hybridized carbons (Fsp3) is 0.357. The molecule has 3 unspecified atom stereocenters. The standard InChI is InChI=1S/C28H34O2/c1-4-22(2)26-15-17-27(18-16-26)30-28(23(3)21-25-13-9-6-10-14-25)29-20-19-24-11-7-5-8-12-24/h5-18,22-23,28H,4,19-21H2,1-3H3. The molecule has 0 amide bonds. The maximum Gasteiger partial charge on any atom is 0.202 e. The van der Waals surface area contributed by atoms with E-state index in [1.165, 1.54) is 16.7 Å². The van der Waals surface area contributed by atoms with Crippen LogP contribution in [0.25, 0.3) is 0 Å². The lowest BCUT2D eigenvalue weighted by Crippen LogP contribution is -2.30. The quantitative estimate of drug-likeness (QED) is 0.320. The third-order valence-corrected chi connectivity index (χ3v) is 5.69. The van der Waals surface area contributed by atoms with Crippen molar-refractivity contribution < 1.29 is 9.47 Å². The van der Waals surface area contributed by atoms with Gasteiger partial charge in [-0.1, -0.05) is 93.6 Å². The summed E-state index contributed by atoms with van der Waals surface area (Å²) in [7, 11) is 0. The molecule has 3 rings (SSSR count). The SMILES string of the molecule is CCC(C)c1ccc(OC(OCCc2ccccc2)C(C)Cc2ccccc2)cc1. The molecule has 2 nitrogen and oxygen atoms in total. The highest BCUT2D eigenvalue weighted by Gasteiger charge is 2.21. The van der Waals surface area contributed by atoms with Crippen LogP contribution in [0.4, 0.5) is 0 Å². The van der Waals surface area contributed by atoms with Gasteiger partial charge in [-0.05, 0) is 54.0 Å². The molecule has 2 heteroatoms. The molecule has 0 saturated carbocycles. The summed E-state index contributed by atoms with van der Waals surface area (Å²) in [6.45, 7) is 7.32. The monoisotopic (exact) mass is 402 g/mol. The number of hydrogen-bond acceptors (Lipinski definition) is 2. The summed E-state index contributed by atoms with van der Waals surface area (Å²) < 4.78 is 12.6. The van der Waals surface area contributed by atoms with Crippen LogP contribution in [0.15, 0.2) is 84.9 Å². The van der Waals surface area contributed by atoms with E-state index >= 15 is 0 Å². The van der Waals surface area contributed by atoms with Gasteiger partial charge in [0.15, 0.2) is 0 Å². The Morgan fingerprint density at radius 3 is 1.93 bits per heavy atom. The van der Waals surface area contributed by atoms with E-state index in [9.17, 15) is 0 Å². The molecule has 0 aliphatic rings. The van der Waals surface area contributed by atoms with Gasteiger partial charge in [-0.25, -0.2) is 0 Å². The summed E-state index contributed by atoms with van der Waals surface area (Å²) >= 11 is 0. The normalized spacial score (nSPS) is 14.1. The Balaban J connectivity index is 1.66. The Labute approximate surface area is 181 Å². The Morgan fingerprint density at radius 1 is 0.733 bits per heavy atom.